The molecule has 0 spiro atoms. The van der Waals surface area contributed by atoms with E-state index in [9.17, 15) is 0 Å². The first-order valence-electron chi connectivity index (χ1n) is 9.59. The summed E-state index contributed by atoms with van der Waals surface area (Å²) in [6, 6.07) is 0. The molecule has 4 unspecified atom stereocenters. The highest BCUT2D eigenvalue weighted by atomic mass is 14.6. The third-order valence-electron chi connectivity index (χ3n) is 7.26. The van der Waals surface area contributed by atoms with Crippen LogP contribution in [0.5, 0.6) is 0 Å². The van der Waals surface area contributed by atoms with E-state index in [1.807, 2.05) is 6.92 Å². The third kappa shape index (κ3) is 2.99. The smallest absolute Gasteiger partial charge is 0.0726 e. The lowest BCUT2D eigenvalue weighted by Gasteiger charge is -2.65. The molecule has 0 bridgehead atoms. The van der Waals surface area contributed by atoms with Crippen molar-refractivity contribution in [3.63, 3.8) is 0 Å². The molecule has 1 aliphatic rings. The molecule has 0 amide bonds. The summed E-state index contributed by atoms with van der Waals surface area (Å²) in [5, 5.41) is -8.12. The highest BCUT2D eigenvalue weighted by Gasteiger charge is 2.70. The van der Waals surface area contributed by atoms with Gasteiger partial charge in [-0.15, -0.1) is 10.4 Å². The molecule has 0 aliphatic heterocycles. The summed E-state index contributed by atoms with van der Waals surface area (Å²) in [7, 11) is 58.3. The minimum absolute atomic E-state index is 0.555. The molecule has 18 radical (unpaired) electrons. The second-order valence-corrected chi connectivity index (χ2v) is 8.99. The van der Waals surface area contributed by atoms with Crippen molar-refractivity contribution in [1.29, 1.82) is 0 Å². The van der Waals surface area contributed by atoms with Gasteiger partial charge in [-0.2, -0.15) is 0 Å². The van der Waals surface area contributed by atoms with Gasteiger partial charge < -0.3 is 0 Å². The average Bonchev–Trinajstić information content (AvgIpc) is 2.58. The lowest BCUT2D eigenvalue weighted by molar-refractivity contribution is 0.163. The Morgan fingerprint density at radius 2 is 1.35 bits per heavy atom. The van der Waals surface area contributed by atoms with E-state index >= 15 is 0 Å². The van der Waals surface area contributed by atoms with Crippen LogP contribution in [0.25, 0.3) is 0 Å². The lowest BCUT2D eigenvalue weighted by atomic mass is 9.17. The fourth-order valence-corrected chi connectivity index (χ4v) is 4.79. The van der Waals surface area contributed by atoms with Gasteiger partial charge in [0, 0.05) is 0 Å². The van der Waals surface area contributed by atoms with E-state index in [1.54, 1.807) is 6.92 Å². The summed E-state index contributed by atoms with van der Waals surface area (Å²) in [5.41, 5.74) is -0.555. The van der Waals surface area contributed by atoms with Gasteiger partial charge in [0.05, 0.1) is 70.6 Å². The van der Waals surface area contributed by atoms with Gasteiger partial charge in [-0.3, -0.25) is 0 Å². The molecule has 0 heterocycles. The molecule has 4 atom stereocenters. The molecule has 1 saturated carbocycles. The van der Waals surface area contributed by atoms with Crippen LogP contribution in [0.2, 0.25) is 32.1 Å². The first-order valence-corrected chi connectivity index (χ1v) is 9.59. The van der Waals surface area contributed by atoms with Crippen LogP contribution in [0.4, 0.5) is 0 Å². The van der Waals surface area contributed by atoms with E-state index in [-0.39, 0.29) is 0 Å². The second-order valence-electron chi connectivity index (χ2n) is 8.99. The number of rotatable bonds is 8. The maximum atomic E-state index is 6.81. The van der Waals surface area contributed by atoms with Crippen LogP contribution in [0.1, 0.15) is 66.2 Å². The molecule has 1 aliphatic carbocycles. The third-order valence-corrected chi connectivity index (χ3v) is 7.26. The van der Waals surface area contributed by atoms with E-state index in [0.29, 0.717) is 0 Å². The van der Waals surface area contributed by atoms with Crippen molar-refractivity contribution in [1.82, 2.24) is 0 Å². The zero-order chi connectivity index (χ0) is 20.8. The van der Waals surface area contributed by atoms with Crippen molar-refractivity contribution in [2.75, 3.05) is 0 Å². The molecule has 1 rings (SSSR count). The van der Waals surface area contributed by atoms with Gasteiger partial charge in [-0.05, 0) is 18.3 Å². The zero-order valence-electron chi connectivity index (χ0n) is 17.0. The summed E-state index contributed by atoms with van der Waals surface area (Å²) >= 11 is 0. The van der Waals surface area contributed by atoms with Crippen molar-refractivity contribution in [2.45, 2.75) is 98.3 Å². The highest BCUT2D eigenvalue weighted by molar-refractivity contribution is 6.63. The van der Waals surface area contributed by atoms with E-state index < -0.39 is 37.5 Å². The Bertz CT molecular complexity index is 502. The zero-order valence-corrected chi connectivity index (χ0v) is 17.0. The van der Waals surface area contributed by atoms with Gasteiger partial charge in [0.1, 0.15) is 0 Å². The normalized spacial score (nSPS) is 35.8. The second kappa shape index (κ2) is 7.44. The topological polar surface area (TPSA) is 0 Å². The van der Waals surface area contributed by atoms with E-state index in [4.69, 9.17) is 70.6 Å². The quantitative estimate of drug-likeness (QED) is 0.474. The molecule has 1 fully saturated rings. The molecule has 0 nitrogen and oxygen atoms in total. The van der Waals surface area contributed by atoms with E-state index in [1.165, 1.54) is 0 Å². The maximum absolute atomic E-state index is 6.81. The predicted octanol–water partition coefficient (Wildman–Crippen LogP) is 2.38. The highest BCUT2D eigenvalue weighted by Crippen LogP contribution is 2.89. The largest absolute Gasteiger partial charge is 0.113 e. The minimum Gasteiger partial charge on any atom is -0.113 e. The molecule has 26 heavy (non-hydrogen) atoms. The molecule has 0 aromatic rings. The standard InChI is InChI=1S/C17H25B9/c1-5-7-8-10-12(3,9-6-2)16(23,24)14(20)11(18)15(21,22)17(25,26)13(14,4)19/h11H,5-10H2,1-4H3. The average molecular weight is 327 g/mol. The van der Waals surface area contributed by atoms with Crippen LogP contribution in [0.15, 0.2) is 0 Å². The number of hydrogen-bond donors (Lipinski definition) is 0. The van der Waals surface area contributed by atoms with Crippen molar-refractivity contribution in [3.05, 3.63) is 0 Å². The lowest BCUT2D eigenvalue weighted by Crippen LogP contribution is -2.50. The van der Waals surface area contributed by atoms with Gasteiger partial charge in [0.15, 0.2) is 0 Å². The fourth-order valence-electron chi connectivity index (χ4n) is 4.79. The Morgan fingerprint density at radius 3 is 1.69 bits per heavy atom. The predicted molar refractivity (Wildman–Crippen MR) is 122 cm³/mol. The van der Waals surface area contributed by atoms with Crippen molar-refractivity contribution < 1.29 is 0 Å². The monoisotopic (exact) mass is 328 g/mol. The Kier molecular flexibility index (Phi) is 7.05. The Hall–Kier alpha value is 0.584. The molecule has 0 aromatic carbocycles. The van der Waals surface area contributed by atoms with Crippen LogP contribution in [-0.2, 0) is 0 Å². The summed E-state index contributed by atoms with van der Waals surface area (Å²) in [5.74, 6) is -1.10. The van der Waals surface area contributed by atoms with Crippen molar-refractivity contribution >= 4 is 70.6 Å². The fraction of sp³-hybridized carbons (Fsp3) is 1.00. The SMILES string of the molecule is [B]C1C([B])([B])C([B])([B])C([B])(C)C1([B])C([B])([B])C(C)(CCC)CCCCC. The molecular formula is C17H25B9. The van der Waals surface area contributed by atoms with E-state index in [0.717, 1.165) is 38.5 Å². The van der Waals surface area contributed by atoms with Gasteiger partial charge in [-0.25, -0.2) is 0 Å². The molecular weight excluding hydrogens is 301 g/mol. The summed E-state index contributed by atoms with van der Waals surface area (Å²) in [6.07, 6.45) is 5.49. The molecule has 9 heteroatoms. The van der Waals surface area contributed by atoms with Crippen LogP contribution in [-0.4, -0.2) is 70.6 Å². The summed E-state index contributed by atoms with van der Waals surface area (Å²) in [4.78, 5) is 0. The van der Waals surface area contributed by atoms with Gasteiger partial charge in [0.25, 0.3) is 0 Å². The first-order chi connectivity index (χ1) is 11.5. The first kappa shape index (κ1) is 24.6. The Morgan fingerprint density at radius 1 is 0.846 bits per heavy atom. The van der Waals surface area contributed by atoms with Crippen molar-refractivity contribution in [3.8, 4) is 0 Å². The van der Waals surface area contributed by atoms with Crippen LogP contribution in [0.3, 0.4) is 0 Å². The Balaban J connectivity index is 3.55. The number of hydrogen-bond acceptors (Lipinski definition) is 0. The summed E-state index contributed by atoms with van der Waals surface area (Å²) < 4.78 is 0. The van der Waals surface area contributed by atoms with Gasteiger partial charge >= 0.3 is 0 Å². The molecule has 0 saturated heterocycles. The minimum atomic E-state index is -1.77. The summed E-state index contributed by atoms with van der Waals surface area (Å²) in [6.45, 7) is 7.81. The Labute approximate surface area is 174 Å². The molecule has 0 N–H and O–H groups in total. The van der Waals surface area contributed by atoms with Crippen LogP contribution >= 0.6 is 0 Å². The van der Waals surface area contributed by atoms with E-state index in [2.05, 4.69) is 13.8 Å². The van der Waals surface area contributed by atoms with Crippen molar-refractivity contribution in [2.24, 2.45) is 5.41 Å². The maximum Gasteiger partial charge on any atom is 0.0726 e. The van der Waals surface area contributed by atoms with Crippen LogP contribution < -0.4 is 0 Å². The van der Waals surface area contributed by atoms with Gasteiger partial charge in [0.2, 0.25) is 0 Å². The van der Waals surface area contributed by atoms with Gasteiger partial charge in [-0.1, -0.05) is 75.0 Å². The number of unbranched alkanes of at least 4 members (excludes halogenated alkanes) is 2. The molecule has 0 aromatic heterocycles. The molecule has 120 valence electrons. The van der Waals surface area contributed by atoms with Crippen LogP contribution in [0, 0.1) is 5.41 Å².